The summed E-state index contributed by atoms with van der Waals surface area (Å²) in [6, 6.07) is 25.8. The van der Waals surface area contributed by atoms with Crippen molar-refractivity contribution < 1.29 is 36.7 Å². The van der Waals surface area contributed by atoms with Crippen LogP contribution in [0.2, 0.25) is 0 Å². The van der Waals surface area contributed by atoms with Crippen LogP contribution in [0.4, 0.5) is 17.6 Å². The summed E-state index contributed by atoms with van der Waals surface area (Å²) in [4.78, 5) is 54.8. The molecule has 4 amide bonds. The van der Waals surface area contributed by atoms with E-state index in [0.717, 1.165) is 45.9 Å². The minimum absolute atomic E-state index is 0.0976. The molecule has 0 atom stereocenters. The standard InChI is InChI=1S/C40H29F4N3O4/c1-46(2)38(49)28-5-3-4-27(18-28)25-10-6-23(7-11-25)21-45-37(48)26-12-8-24(9-13-26)22-47-39(50)35(31-16-14-29(41)19-33(31)43)36(40(47)51)32-17-15-30(42)20-34(32)44/h3-20H,21-22H2,1-2H3,(H,45,48). The van der Waals surface area contributed by atoms with Crippen molar-refractivity contribution in [2.75, 3.05) is 14.1 Å². The predicted octanol–water partition coefficient (Wildman–Crippen LogP) is 7.02. The number of hydrogen-bond acceptors (Lipinski definition) is 4. The predicted molar refractivity (Wildman–Crippen MR) is 183 cm³/mol. The van der Waals surface area contributed by atoms with Crippen LogP contribution in [0.1, 0.15) is 43.0 Å². The van der Waals surface area contributed by atoms with Gasteiger partial charge in [-0.1, -0.05) is 48.5 Å². The molecule has 6 rings (SSSR count). The minimum atomic E-state index is -1.14. The van der Waals surface area contributed by atoms with Gasteiger partial charge in [0.15, 0.2) is 0 Å². The third-order valence-corrected chi connectivity index (χ3v) is 8.38. The maximum absolute atomic E-state index is 14.9. The van der Waals surface area contributed by atoms with Crippen LogP contribution in [0, 0.1) is 23.3 Å². The molecule has 0 aliphatic carbocycles. The highest BCUT2D eigenvalue weighted by Crippen LogP contribution is 2.38. The molecule has 5 aromatic carbocycles. The number of hydrogen-bond donors (Lipinski definition) is 1. The lowest BCUT2D eigenvalue weighted by Crippen LogP contribution is -2.31. The summed E-state index contributed by atoms with van der Waals surface area (Å²) < 4.78 is 57.2. The molecule has 1 heterocycles. The van der Waals surface area contributed by atoms with E-state index < -0.39 is 57.4 Å². The molecule has 0 aromatic heterocycles. The van der Waals surface area contributed by atoms with Crippen molar-refractivity contribution in [3.63, 3.8) is 0 Å². The van der Waals surface area contributed by atoms with Gasteiger partial charge in [0.1, 0.15) is 23.3 Å². The van der Waals surface area contributed by atoms with Crippen molar-refractivity contribution in [2.24, 2.45) is 0 Å². The fourth-order valence-electron chi connectivity index (χ4n) is 5.74. The molecule has 1 aliphatic rings. The Hall–Kier alpha value is -6.36. The summed E-state index contributed by atoms with van der Waals surface area (Å²) in [7, 11) is 3.38. The Labute approximate surface area is 290 Å². The van der Waals surface area contributed by atoms with Gasteiger partial charge in [-0.15, -0.1) is 0 Å². The molecule has 1 N–H and O–H groups in total. The molecule has 0 radical (unpaired) electrons. The second-order valence-corrected chi connectivity index (χ2v) is 12.1. The van der Waals surface area contributed by atoms with Crippen LogP contribution in [0.15, 0.2) is 109 Å². The summed E-state index contributed by atoms with van der Waals surface area (Å²) in [5, 5.41) is 2.85. The SMILES string of the molecule is CN(C)C(=O)c1cccc(-c2ccc(CNC(=O)c3ccc(CN4C(=O)C(c5ccc(F)cc5F)=C(c5ccc(F)cc5F)C4=O)cc3)cc2)c1. The zero-order chi connectivity index (χ0) is 36.4. The Balaban J connectivity index is 1.14. The van der Waals surface area contributed by atoms with Gasteiger partial charge in [0.2, 0.25) is 0 Å². The van der Waals surface area contributed by atoms with Gasteiger partial charge in [0, 0.05) is 55.0 Å². The number of carbonyl (C=O) groups excluding carboxylic acids is 4. The van der Waals surface area contributed by atoms with Crippen LogP contribution in [0.5, 0.6) is 0 Å². The summed E-state index contributed by atoms with van der Waals surface area (Å²) in [6.45, 7) is -0.0787. The quantitative estimate of drug-likeness (QED) is 0.133. The molecule has 5 aromatic rings. The first kappa shape index (κ1) is 34.5. The Morgan fingerprint density at radius 2 is 1.18 bits per heavy atom. The molecule has 7 nitrogen and oxygen atoms in total. The molecular formula is C40H29F4N3O4. The van der Waals surface area contributed by atoms with Crippen molar-refractivity contribution >= 4 is 34.8 Å². The topological polar surface area (TPSA) is 86.8 Å². The van der Waals surface area contributed by atoms with E-state index in [0.29, 0.717) is 28.8 Å². The maximum Gasteiger partial charge on any atom is 0.262 e. The normalized spacial score (nSPS) is 12.8. The molecule has 0 bridgehead atoms. The lowest BCUT2D eigenvalue weighted by molar-refractivity contribution is -0.136. The van der Waals surface area contributed by atoms with Gasteiger partial charge >= 0.3 is 0 Å². The molecule has 1 aliphatic heterocycles. The summed E-state index contributed by atoms with van der Waals surface area (Å²) >= 11 is 0. The average Bonchev–Trinajstić information content (AvgIpc) is 3.35. The second kappa shape index (κ2) is 14.2. The molecule has 0 unspecified atom stereocenters. The number of nitrogens with zero attached hydrogens (tertiary/aromatic N) is 2. The number of imide groups is 1. The van der Waals surface area contributed by atoms with Crippen LogP contribution < -0.4 is 5.32 Å². The van der Waals surface area contributed by atoms with E-state index in [1.54, 1.807) is 20.2 Å². The van der Waals surface area contributed by atoms with Crippen LogP contribution in [0.3, 0.4) is 0 Å². The first-order valence-corrected chi connectivity index (χ1v) is 15.7. The Morgan fingerprint density at radius 3 is 1.71 bits per heavy atom. The molecule has 0 spiro atoms. The van der Waals surface area contributed by atoms with Gasteiger partial charge in [-0.05, 0) is 70.8 Å². The molecule has 0 fully saturated rings. The van der Waals surface area contributed by atoms with E-state index in [2.05, 4.69) is 5.32 Å². The van der Waals surface area contributed by atoms with Crippen molar-refractivity contribution in [3.8, 4) is 11.1 Å². The average molecular weight is 692 g/mol. The zero-order valence-electron chi connectivity index (χ0n) is 27.3. The fraction of sp³-hybridized carbons (Fsp3) is 0.100. The van der Waals surface area contributed by atoms with Crippen molar-refractivity contribution in [3.05, 3.63) is 166 Å². The van der Waals surface area contributed by atoms with Crippen molar-refractivity contribution in [2.45, 2.75) is 13.1 Å². The van der Waals surface area contributed by atoms with Gasteiger partial charge in [-0.2, -0.15) is 0 Å². The Kier molecular flexibility index (Phi) is 9.63. The lowest BCUT2D eigenvalue weighted by atomic mass is 9.95. The van der Waals surface area contributed by atoms with Crippen LogP contribution in [-0.2, 0) is 22.7 Å². The lowest BCUT2D eigenvalue weighted by Gasteiger charge is -2.16. The summed E-state index contributed by atoms with van der Waals surface area (Å²) in [6.07, 6.45) is 0. The summed E-state index contributed by atoms with van der Waals surface area (Å²) in [5.41, 5.74) is 2.13. The highest BCUT2D eigenvalue weighted by Gasteiger charge is 2.41. The van der Waals surface area contributed by atoms with Crippen LogP contribution >= 0.6 is 0 Å². The monoisotopic (exact) mass is 691 g/mol. The molecule has 256 valence electrons. The van der Waals surface area contributed by atoms with Gasteiger partial charge in [0.25, 0.3) is 23.6 Å². The fourth-order valence-corrected chi connectivity index (χ4v) is 5.74. The number of halogens is 4. The van der Waals surface area contributed by atoms with E-state index in [9.17, 15) is 36.7 Å². The Morgan fingerprint density at radius 1 is 0.627 bits per heavy atom. The van der Waals surface area contributed by atoms with E-state index in [1.807, 2.05) is 42.5 Å². The molecular weight excluding hydrogens is 662 g/mol. The largest absolute Gasteiger partial charge is 0.348 e. The number of benzene rings is 5. The smallest absolute Gasteiger partial charge is 0.262 e. The number of amides is 4. The highest BCUT2D eigenvalue weighted by atomic mass is 19.1. The number of rotatable bonds is 9. The van der Waals surface area contributed by atoms with Gasteiger partial charge < -0.3 is 10.2 Å². The second-order valence-electron chi connectivity index (χ2n) is 12.1. The Bertz CT molecular complexity index is 2160. The van der Waals surface area contributed by atoms with Gasteiger partial charge in [0.05, 0.1) is 17.7 Å². The molecule has 0 saturated heterocycles. The third-order valence-electron chi connectivity index (χ3n) is 8.38. The third kappa shape index (κ3) is 7.18. The molecule has 0 saturated carbocycles. The molecule has 51 heavy (non-hydrogen) atoms. The van der Waals surface area contributed by atoms with E-state index in [4.69, 9.17) is 0 Å². The van der Waals surface area contributed by atoms with Crippen molar-refractivity contribution in [1.29, 1.82) is 0 Å². The first-order chi connectivity index (χ1) is 24.4. The van der Waals surface area contributed by atoms with Crippen LogP contribution in [-0.4, -0.2) is 47.5 Å². The number of carbonyl (C=O) groups is 4. The first-order valence-electron chi connectivity index (χ1n) is 15.7. The van der Waals surface area contributed by atoms with Crippen molar-refractivity contribution in [1.82, 2.24) is 15.1 Å². The van der Waals surface area contributed by atoms with Gasteiger partial charge in [-0.25, -0.2) is 17.6 Å². The van der Waals surface area contributed by atoms with Gasteiger partial charge in [-0.3, -0.25) is 24.1 Å². The maximum atomic E-state index is 14.9. The number of nitrogens with one attached hydrogen (secondary N) is 1. The molecule has 11 heteroatoms. The summed E-state index contributed by atoms with van der Waals surface area (Å²) in [5.74, 6) is -6.49. The van der Waals surface area contributed by atoms with E-state index in [1.165, 1.54) is 29.2 Å². The van der Waals surface area contributed by atoms with Crippen LogP contribution in [0.25, 0.3) is 22.3 Å². The van der Waals surface area contributed by atoms with E-state index in [-0.39, 0.29) is 24.9 Å². The van der Waals surface area contributed by atoms with E-state index >= 15 is 0 Å². The minimum Gasteiger partial charge on any atom is -0.348 e. The zero-order valence-corrected chi connectivity index (χ0v) is 27.3. The highest BCUT2D eigenvalue weighted by molar-refractivity contribution is 6.49.